The van der Waals surface area contributed by atoms with Crippen LogP contribution in [-0.2, 0) is 6.54 Å². The Morgan fingerprint density at radius 1 is 1.64 bits per heavy atom. The molecule has 0 saturated heterocycles. The largest absolute Gasteiger partial charge is 0.348 e. The van der Waals surface area contributed by atoms with Gasteiger partial charge >= 0.3 is 0 Å². The summed E-state index contributed by atoms with van der Waals surface area (Å²) in [7, 11) is 0. The number of amides is 1. The Hall–Kier alpha value is -1.38. The molecule has 1 aromatic rings. The highest BCUT2D eigenvalue weighted by Gasteiger charge is 2.18. The van der Waals surface area contributed by atoms with Gasteiger partial charge in [0.05, 0.1) is 0 Å². The molecule has 0 radical (unpaired) electrons. The lowest BCUT2D eigenvalue weighted by molar-refractivity contribution is 0.0965. The van der Waals surface area contributed by atoms with Crippen molar-refractivity contribution in [2.24, 2.45) is 0 Å². The predicted octanol–water partition coefficient (Wildman–Crippen LogP) is 1.07. The van der Waals surface area contributed by atoms with Crippen LogP contribution in [-0.4, -0.2) is 5.91 Å². The van der Waals surface area contributed by atoms with Gasteiger partial charge in [-0.1, -0.05) is 6.07 Å². The molecule has 11 heavy (non-hydrogen) atoms. The van der Waals surface area contributed by atoms with E-state index in [-0.39, 0.29) is 6.54 Å². The molecule has 0 aliphatic carbocycles. The fourth-order valence-electron chi connectivity index (χ4n) is 1.13. The predicted molar refractivity (Wildman–Crippen MR) is 37.6 cm³/mol. The van der Waals surface area contributed by atoms with Gasteiger partial charge in [0.15, 0.2) is 1.41 Å². The molecule has 1 aliphatic rings. The highest BCUT2D eigenvalue weighted by atomic mass is 19.1. The minimum atomic E-state index is -0.433. The molecule has 2 nitrogen and oxygen atoms in total. The molecule has 0 spiro atoms. The SMILES string of the molecule is [2H]N1Cc2ccc(F)cc2C1=O. The van der Waals surface area contributed by atoms with Gasteiger partial charge in [-0.3, -0.25) is 4.79 Å². The molecular formula is C8H6FNO. The Morgan fingerprint density at radius 2 is 2.45 bits per heavy atom. The molecule has 3 heteroatoms. The van der Waals surface area contributed by atoms with Crippen LogP contribution in [0.2, 0.25) is 1.41 Å². The van der Waals surface area contributed by atoms with E-state index in [0.29, 0.717) is 5.56 Å². The van der Waals surface area contributed by atoms with Crippen LogP contribution in [0.15, 0.2) is 18.2 Å². The number of halogens is 1. The van der Waals surface area contributed by atoms with Gasteiger partial charge < -0.3 is 5.31 Å². The van der Waals surface area contributed by atoms with E-state index in [1.54, 1.807) is 0 Å². The molecule has 1 amide bonds. The molecule has 0 saturated carbocycles. The van der Waals surface area contributed by atoms with E-state index in [1.165, 1.54) is 18.2 Å². The number of nitrogens with one attached hydrogen (secondary N) is 1. The number of hydrogen-bond donors (Lipinski definition) is 1. The molecule has 0 unspecified atom stereocenters. The van der Waals surface area contributed by atoms with Gasteiger partial charge in [0, 0.05) is 12.1 Å². The molecule has 0 bridgehead atoms. The van der Waals surface area contributed by atoms with Crippen molar-refractivity contribution in [1.82, 2.24) is 5.31 Å². The first kappa shape index (κ1) is 5.29. The first-order valence-electron chi connectivity index (χ1n) is 3.72. The van der Waals surface area contributed by atoms with Crippen molar-refractivity contribution in [3.05, 3.63) is 35.1 Å². The van der Waals surface area contributed by atoms with Crippen LogP contribution in [0.1, 0.15) is 15.9 Å². The van der Waals surface area contributed by atoms with Crippen LogP contribution in [0, 0.1) is 5.82 Å². The minimum Gasteiger partial charge on any atom is -0.348 e. The number of benzene rings is 1. The Bertz CT molecular complexity index is 353. The average Bonchev–Trinajstić information content (AvgIpc) is 2.31. The van der Waals surface area contributed by atoms with E-state index in [1.807, 2.05) is 0 Å². The third-order valence-corrected chi connectivity index (χ3v) is 1.70. The highest BCUT2D eigenvalue weighted by Crippen LogP contribution is 2.15. The second-order valence-corrected chi connectivity index (χ2v) is 2.42. The van der Waals surface area contributed by atoms with E-state index in [4.69, 9.17) is 1.41 Å². The molecule has 0 fully saturated rings. The van der Waals surface area contributed by atoms with Crippen LogP contribution in [0.25, 0.3) is 0 Å². The summed E-state index contributed by atoms with van der Waals surface area (Å²) in [5.74, 6) is -0.859. The molecule has 1 aromatic carbocycles. The number of carbonyl (C=O) groups excluding carboxylic acids is 1. The summed E-state index contributed by atoms with van der Waals surface area (Å²) < 4.78 is 19.8. The first-order chi connectivity index (χ1) is 5.68. The Kier molecular flexibility index (Phi) is 0.987. The third-order valence-electron chi connectivity index (χ3n) is 1.70. The lowest BCUT2D eigenvalue weighted by atomic mass is 10.1. The fourth-order valence-corrected chi connectivity index (χ4v) is 1.13. The van der Waals surface area contributed by atoms with Crippen molar-refractivity contribution in [3.63, 3.8) is 0 Å². The summed E-state index contributed by atoms with van der Waals surface area (Å²) in [5.41, 5.74) is 1.03. The third kappa shape index (κ3) is 0.888. The quantitative estimate of drug-likeness (QED) is 0.592. The van der Waals surface area contributed by atoms with Gasteiger partial charge in [-0.15, -0.1) is 0 Å². The maximum Gasteiger partial charge on any atom is 0.252 e. The first-order valence-corrected chi connectivity index (χ1v) is 3.27. The van der Waals surface area contributed by atoms with Crippen molar-refractivity contribution in [2.75, 3.05) is 0 Å². The number of carbonyl (C=O) groups is 1. The summed E-state index contributed by atoms with van der Waals surface area (Å²) in [6, 6.07) is 4.01. The minimum absolute atomic E-state index is 0.258. The summed E-state index contributed by atoms with van der Waals surface area (Å²) >= 11 is 0. The van der Waals surface area contributed by atoms with E-state index < -0.39 is 11.7 Å². The normalized spacial score (nSPS) is 16.6. The van der Waals surface area contributed by atoms with Crippen LogP contribution < -0.4 is 5.31 Å². The standard InChI is InChI=1S/C8H6FNO/c9-6-2-1-5-4-10-8(11)7(5)3-6/h1-3H,4H2,(H,10,11)/i/hD. The molecule has 1 N–H and O–H groups in total. The van der Waals surface area contributed by atoms with Gasteiger partial charge in [-0.2, -0.15) is 0 Å². The smallest absolute Gasteiger partial charge is 0.252 e. The van der Waals surface area contributed by atoms with E-state index >= 15 is 0 Å². The Morgan fingerprint density at radius 3 is 3.27 bits per heavy atom. The summed E-state index contributed by atoms with van der Waals surface area (Å²) in [4.78, 5) is 11.1. The van der Waals surface area contributed by atoms with Crippen molar-refractivity contribution in [3.8, 4) is 0 Å². The van der Waals surface area contributed by atoms with Crippen molar-refractivity contribution in [1.29, 1.82) is 0 Å². The second kappa shape index (κ2) is 2.05. The zero-order valence-corrected chi connectivity index (χ0v) is 5.67. The van der Waals surface area contributed by atoms with E-state index in [0.717, 1.165) is 10.9 Å². The lowest BCUT2D eigenvalue weighted by Crippen LogP contribution is -2.12. The van der Waals surface area contributed by atoms with Gasteiger partial charge in [0.2, 0.25) is 0 Å². The van der Waals surface area contributed by atoms with E-state index in [2.05, 4.69) is 0 Å². The molecule has 0 aromatic heterocycles. The van der Waals surface area contributed by atoms with Crippen molar-refractivity contribution in [2.45, 2.75) is 6.54 Å². The van der Waals surface area contributed by atoms with Gasteiger partial charge in [0.25, 0.3) is 5.91 Å². The van der Waals surface area contributed by atoms with Gasteiger partial charge in [0.1, 0.15) is 5.82 Å². The maximum atomic E-state index is 12.6. The van der Waals surface area contributed by atoms with Crippen LogP contribution in [0.5, 0.6) is 0 Å². The highest BCUT2D eigenvalue weighted by molar-refractivity contribution is 5.98. The molecule has 1 heterocycles. The van der Waals surface area contributed by atoms with E-state index in [9.17, 15) is 9.18 Å². The molecular weight excluding hydrogens is 145 g/mol. The maximum absolute atomic E-state index is 12.6. The number of fused-ring (bicyclic) bond motifs is 1. The zero-order valence-electron chi connectivity index (χ0n) is 6.67. The average molecular weight is 152 g/mol. The van der Waals surface area contributed by atoms with Crippen LogP contribution in [0.4, 0.5) is 4.39 Å². The zero-order chi connectivity index (χ0) is 8.72. The molecule has 0 atom stereocenters. The Balaban J connectivity index is 2.56. The monoisotopic (exact) mass is 152 g/mol. The summed E-state index contributed by atoms with van der Waals surface area (Å²) in [6.07, 6.45) is 0. The van der Waals surface area contributed by atoms with Gasteiger partial charge in [-0.05, 0) is 17.7 Å². The fraction of sp³-hybridized carbons (Fsp3) is 0.125. The molecule has 1 aliphatic heterocycles. The second-order valence-electron chi connectivity index (χ2n) is 2.42. The number of hydrogen-bond acceptors (Lipinski definition) is 1. The summed E-state index contributed by atoms with van der Waals surface area (Å²) in [5, 5.41) is 0.824. The molecule has 56 valence electrons. The van der Waals surface area contributed by atoms with Crippen LogP contribution >= 0.6 is 0 Å². The molecule has 2 rings (SSSR count). The lowest BCUT2D eigenvalue weighted by Gasteiger charge is -1.92. The topological polar surface area (TPSA) is 29.1 Å². The van der Waals surface area contributed by atoms with Crippen molar-refractivity contribution >= 4 is 5.91 Å². The van der Waals surface area contributed by atoms with Crippen LogP contribution in [0.3, 0.4) is 0 Å². The summed E-state index contributed by atoms with van der Waals surface area (Å²) in [6.45, 7) is 0.258. The Labute approximate surface area is 64.5 Å². The van der Waals surface area contributed by atoms with Crippen molar-refractivity contribution < 1.29 is 10.6 Å². The number of rotatable bonds is 0. The van der Waals surface area contributed by atoms with Gasteiger partial charge in [-0.25, -0.2) is 4.39 Å².